The van der Waals surface area contributed by atoms with E-state index < -0.39 is 6.10 Å². The topological polar surface area (TPSA) is 50.7 Å². The van der Waals surface area contributed by atoms with E-state index in [0.29, 0.717) is 13.2 Å². The van der Waals surface area contributed by atoms with Crippen LogP contribution >= 0.6 is 15.9 Å². The first-order valence-electron chi connectivity index (χ1n) is 6.57. The lowest BCUT2D eigenvalue weighted by atomic mass is 10.3. The van der Waals surface area contributed by atoms with Gasteiger partial charge in [-0.05, 0) is 44.2 Å². The number of rotatable bonds is 10. The average Bonchev–Trinajstić information content (AvgIpc) is 2.42. The molecular formula is C14H22BrNO3. The molecule has 0 radical (unpaired) electrons. The number of aliphatic hydroxyl groups is 1. The van der Waals surface area contributed by atoms with Gasteiger partial charge in [0.2, 0.25) is 0 Å². The van der Waals surface area contributed by atoms with Gasteiger partial charge in [0.15, 0.2) is 0 Å². The van der Waals surface area contributed by atoms with Crippen molar-refractivity contribution in [3.63, 3.8) is 0 Å². The zero-order chi connectivity index (χ0) is 13.9. The highest BCUT2D eigenvalue weighted by molar-refractivity contribution is 9.10. The molecule has 0 bridgehead atoms. The van der Waals surface area contributed by atoms with Crippen LogP contribution in [0.25, 0.3) is 0 Å². The second-order valence-electron chi connectivity index (χ2n) is 4.17. The minimum atomic E-state index is -0.504. The van der Waals surface area contributed by atoms with Gasteiger partial charge in [0.1, 0.15) is 18.5 Å². The van der Waals surface area contributed by atoms with E-state index >= 15 is 0 Å². The van der Waals surface area contributed by atoms with E-state index in [2.05, 4.69) is 21.2 Å². The maximum atomic E-state index is 9.74. The quantitative estimate of drug-likeness (QED) is 0.645. The minimum Gasteiger partial charge on any atom is -0.491 e. The molecule has 5 heteroatoms. The van der Waals surface area contributed by atoms with Crippen LogP contribution < -0.4 is 10.1 Å². The van der Waals surface area contributed by atoms with Crippen molar-refractivity contribution in [2.75, 3.05) is 32.9 Å². The Labute approximate surface area is 123 Å². The van der Waals surface area contributed by atoms with Crippen molar-refractivity contribution in [3.05, 3.63) is 28.7 Å². The molecule has 108 valence electrons. The monoisotopic (exact) mass is 331 g/mol. The van der Waals surface area contributed by atoms with Crippen molar-refractivity contribution in [2.45, 2.75) is 19.4 Å². The molecule has 1 atom stereocenters. The summed E-state index contributed by atoms with van der Waals surface area (Å²) in [4.78, 5) is 0. The summed E-state index contributed by atoms with van der Waals surface area (Å²) in [6.45, 7) is 5.16. The first kappa shape index (κ1) is 16.4. The zero-order valence-corrected chi connectivity index (χ0v) is 12.9. The molecule has 0 saturated carbocycles. The highest BCUT2D eigenvalue weighted by atomic mass is 79.9. The van der Waals surface area contributed by atoms with Gasteiger partial charge in [-0.1, -0.05) is 15.9 Å². The largest absolute Gasteiger partial charge is 0.491 e. The van der Waals surface area contributed by atoms with Crippen molar-refractivity contribution in [2.24, 2.45) is 0 Å². The second kappa shape index (κ2) is 10.2. The molecule has 4 nitrogen and oxygen atoms in total. The lowest BCUT2D eigenvalue weighted by Gasteiger charge is -2.13. The smallest absolute Gasteiger partial charge is 0.119 e. The lowest BCUT2D eigenvalue weighted by molar-refractivity contribution is 0.104. The number of ether oxygens (including phenoxy) is 2. The normalized spacial score (nSPS) is 12.4. The molecule has 0 saturated heterocycles. The van der Waals surface area contributed by atoms with Crippen LogP contribution in [0, 0.1) is 0 Å². The Morgan fingerprint density at radius 3 is 2.74 bits per heavy atom. The number of hydrogen-bond acceptors (Lipinski definition) is 4. The van der Waals surface area contributed by atoms with E-state index in [9.17, 15) is 5.11 Å². The van der Waals surface area contributed by atoms with Gasteiger partial charge < -0.3 is 19.9 Å². The molecule has 0 aromatic heterocycles. The predicted molar refractivity (Wildman–Crippen MR) is 79.6 cm³/mol. The molecule has 0 spiro atoms. The molecule has 0 aliphatic heterocycles. The Morgan fingerprint density at radius 1 is 1.32 bits per heavy atom. The van der Waals surface area contributed by atoms with Crippen LogP contribution in [-0.4, -0.2) is 44.1 Å². The summed E-state index contributed by atoms with van der Waals surface area (Å²) in [6.07, 6.45) is 0.449. The summed E-state index contributed by atoms with van der Waals surface area (Å²) in [5.41, 5.74) is 0. The molecular weight excluding hydrogens is 310 g/mol. The van der Waals surface area contributed by atoms with E-state index in [-0.39, 0.29) is 0 Å². The van der Waals surface area contributed by atoms with Gasteiger partial charge in [-0.2, -0.15) is 0 Å². The number of nitrogens with one attached hydrogen (secondary N) is 1. The van der Waals surface area contributed by atoms with Crippen molar-refractivity contribution in [1.29, 1.82) is 0 Å². The number of aliphatic hydroxyl groups excluding tert-OH is 1. The molecule has 1 rings (SSSR count). The van der Waals surface area contributed by atoms with E-state index in [0.717, 1.165) is 36.4 Å². The van der Waals surface area contributed by atoms with E-state index in [4.69, 9.17) is 9.47 Å². The van der Waals surface area contributed by atoms with E-state index in [1.54, 1.807) is 0 Å². The molecule has 1 aromatic carbocycles. The van der Waals surface area contributed by atoms with E-state index in [1.807, 2.05) is 31.2 Å². The van der Waals surface area contributed by atoms with Gasteiger partial charge in [-0.3, -0.25) is 0 Å². The predicted octanol–water partition coefficient (Wildman–Crippen LogP) is 2.21. The maximum absolute atomic E-state index is 9.74. The molecule has 0 aliphatic carbocycles. The highest BCUT2D eigenvalue weighted by Gasteiger charge is 2.04. The van der Waals surface area contributed by atoms with Crippen LogP contribution in [0.2, 0.25) is 0 Å². The third kappa shape index (κ3) is 8.21. The first-order valence-corrected chi connectivity index (χ1v) is 7.36. The third-order valence-electron chi connectivity index (χ3n) is 2.48. The molecule has 0 heterocycles. The molecule has 0 aliphatic rings. The van der Waals surface area contributed by atoms with Crippen LogP contribution in [0.3, 0.4) is 0 Å². The van der Waals surface area contributed by atoms with Crippen molar-refractivity contribution in [1.82, 2.24) is 5.32 Å². The summed E-state index contributed by atoms with van der Waals surface area (Å²) in [5, 5.41) is 12.9. The lowest BCUT2D eigenvalue weighted by Crippen LogP contribution is -2.32. The Kier molecular flexibility index (Phi) is 8.82. The molecule has 1 aromatic rings. The average molecular weight is 332 g/mol. The molecule has 1 unspecified atom stereocenters. The summed E-state index contributed by atoms with van der Waals surface area (Å²) in [6, 6.07) is 7.56. The van der Waals surface area contributed by atoms with Crippen LogP contribution in [0.15, 0.2) is 28.7 Å². The molecule has 2 N–H and O–H groups in total. The summed E-state index contributed by atoms with van der Waals surface area (Å²) < 4.78 is 11.7. The fourth-order valence-corrected chi connectivity index (χ4v) is 1.76. The van der Waals surface area contributed by atoms with Gasteiger partial charge in [0.05, 0.1) is 0 Å². The van der Waals surface area contributed by atoms with Gasteiger partial charge in [-0.15, -0.1) is 0 Å². The van der Waals surface area contributed by atoms with Gasteiger partial charge in [0, 0.05) is 24.2 Å². The Morgan fingerprint density at radius 2 is 2.05 bits per heavy atom. The zero-order valence-electron chi connectivity index (χ0n) is 11.3. The maximum Gasteiger partial charge on any atom is 0.119 e. The van der Waals surface area contributed by atoms with Crippen molar-refractivity contribution >= 4 is 15.9 Å². The number of hydrogen-bond donors (Lipinski definition) is 2. The number of benzene rings is 1. The van der Waals surface area contributed by atoms with Gasteiger partial charge >= 0.3 is 0 Å². The Hall–Kier alpha value is -0.620. The minimum absolute atomic E-state index is 0.292. The Bertz CT molecular complexity index is 332. The fourth-order valence-electron chi connectivity index (χ4n) is 1.49. The van der Waals surface area contributed by atoms with Crippen LogP contribution in [-0.2, 0) is 4.74 Å². The fraction of sp³-hybridized carbons (Fsp3) is 0.571. The number of halogens is 1. The van der Waals surface area contributed by atoms with Crippen LogP contribution in [0.1, 0.15) is 13.3 Å². The van der Waals surface area contributed by atoms with Crippen LogP contribution in [0.5, 0.6) is 5.75 Å². The SMILES string of the molecule is CCOCCCNCC(O)COc1ccc(Br)cc1. The Balaban J connectivity index is 2.04. The van der Waals surface area contributed by atoms with Gasteiger partial charge in [0.25, 0.3) is 0 Å². The molecule has 19 heavy (non-hydrogen) atoms. The molecule has 0 fully saturated rings. The summed E-state index contributed by atoms with van der Waals surface area (Å²) in [5.74, 6) is 0.763. The van der Waals surface area contributed by atoms with Gasteiger partial charge in [-0.25, -0.2) is 0 Å². The summed E-state index contributed by atoms with van der Waals surface area (Å²) >= 11 is 3.36. The second-order valence-corrected chi connectivity index (χ2v) is 5.09. The van der Waals surface area contributed by atoms with Crippen LogP contribution in [0.4, 0.5) is 0 Å². The van der Waals surface area contributed by atoms with E-state index in [1.165, 1.54) is 0 Å². The standard InChI is InChI=1S/C14H22BrNO3/c1-2-18-9-3-8-16-10-13(17)11-19-14-6-4-12(15)5-7-14/h4-7,13,16-17H,2-3,8-11H2,1H3. The summed E-state index contributed by atoms with van der Waals surface area (Å²) in [7, 11) is 0. The van der Waals surface area contributed by atoms with Crippen molar-refractivity contribution < 1.29 is 14.6 Å². The third-order valence-corrected chi connectivity index (χ3v) is 3.01. The van der Waals surface area contributed by atoms with Crippen molar-refractivity contribution in [3.8, 4) is 5.75 Å². The first-order chi connectivity index (χ1) is 9.22. The molecule has 0 amide bonds. The highest BCUT2D eigenvalue weighted by Crippen LogP contribution is 2.16.